The van der Waals surface area contributed by atoms with Crippen LogP contribution in [0.2, 0.25) is 0 Å². The summed E-state index contributed by atoms with van der Waals surface area (Å²) < 4.78 is 18.1. The van der Waals surface area contributed by atoms with Gasteiger partial charge in [0, 0.05) is 16.1 Å². The molecule has 0 fully saturated rings. The van der Waals surface area contributed by atoms with Crippen molar-refractivity contribution in [3.05, 3.63) is 59.7 Å². The smallest absolute Gasteiger partial charge is 0.0809 e. The van der Waals surface area contributed by atoms with E-state index in [2.05, 4.69) is 24.3 Å². The molecule has 0 bridgehead atoms. The molecule has 0 spiro atoms. The van der Waals surface area contributed by atoms with Crippen molar-refractivity contribution < 1.29 is 4.21 Å². The normalized spacial score (nSPS) is 27.8. The number of rotatable bonds is 2. The lowest BCUT2D eigenvalue weighted by Crippen LogP contribution is -2.33. The van der Waals surface area contributed by atoms with Gasteiger partial charge in [-0.15, -0.1) is 0 Å². The molecule has 2 aromatic carbocycles. The van der Waals surface area contributed by atoms with Crippen LogP contribution in [-0.2, 0) is 15.1 Å². The van der Waals surface area contributed by atoms with Crippen LogP contribution in [0.4, 0.5) is 5.69 Å². The highest BCUT2D eigenvalue weighted by Gasteiger charge is 2.36. The molecular weight excluding hydrogens is 278 g/mol. The Balaban J connectivity index is 2.23. The molecule has 0 radical (unpaired) electrons. The molecule has 21 heavy (non-hydrogen) atoms. The maximum Gasteiger partial charge on any atom is 0.0809 e. The molecule has 1 aliphatic heterocycles. The van der Waals surface area contributed by atoms with Crippen LogP contribution in [0.1, 0.15) is 31.4 Å². The summed E-state index contributed by atoms with van der Waals surface area (Å²) in [5.41, 5.74) is 3.20. The highest BCUT2D eigenvalue weighted by Crippen LogP contribution is 2.42. The largest absolute Gasteiger partial charge is 0.244 e. The first-order chi connectivity index (χ1) is 9.97. The summed E-state index contributed by atoms with van der Waals surface area (Å²) in [6.45, 7) is 6.41. The van der Waals surface area contributed by atoms with Gasteiger partial charge in [-0.1, -0.05) is 49.7 Å². The first-order valence-electron chi connectivity index (χ1n) is 7.38. The van der Waals surface area contributed by atoms with E-state index in [0.29, 0.717) is 5.75 Å². The topological polar surface area (TPSA) is 29.4 Å². The van der Waals surface area contributed by atoms with E-state index in [1.54, 1.807) is 0 Å². The summed E-state index contributed by atoms with van der Waals surface area (Å²) in [4.78, 5) is 0.849. The standard InChI is InChI=1S/C18H21NOS/c1-4-18(3)13-21(20,15-11-9-14(2)10-12-15)19-17-8-6-5-7-16(17)18/h5-12H,4,13H2,1-3H3/t18-,21-/m0/s1. The zero-order valence-corrected chi connectivity index (χ0v) is 13.6. The van der Waals surface area contributed by atoms with E-state index in [9.17, 15) is 4.21 Å². The number of hydrogen-bond donors (Lipinski definition) is 0. The molecule has 0 amide bonds. The van der Waals surface area contributed by atoms with Crippen LogP contribution in [0.25, 0.3) is 0 Å². The summed E-state index contributed by atoms with van der Waals surface area (Å²) in [5.74, 6) is 0.594. The molecule has 0 saturated heterocycles. The van der Waals surface area contributed by atoms with Crippen LogP contribution in [0, 0.1) is 6.92 Å². The van der Waals surface area contributed by atoms with Crippen LogP contribution >= 0.6 is 0 Å². The molecule has 3 heteroatoms. The van der Waals surface area contributed by atoms with Crippen LogP contribution in [0.5, 0.6) is 0 Å². The molecule has 0 aromatic heterocycles. The van der Waals surface area contributed by atoms with E-state index < -0.39 is 9.73 Å². The SMILES string of the molecule is CC[C@@]1(C)C[S@](=O)(c2ccc(C)cc2)=Nc2ccccc21. The van der Waals surface area contributed by atoms with Gasteiger partial charge in [0.25, 0.3) is 0 Å². The third-order valence-corrected chi connectivity index (χ3v) is 7.01. The Morgan fingerprint density at radius 3 is 2.48 bits per heavy atom. The number of fused-ring (bicyclic) bond motifs is 1. The molecule has 0 N–H and O–H groups in total. The van der Waals surface area contributed by atoms with Crippen molar-refractivity contribution in [3.8, 4) is 0 Å². The molecule has 2 aromatic rings. The molecule has 110 valence electrons. The minimum atomic E-state index is -2.39. The van der Waals surface area contributed by atoms with Gasteiger partial charge >= 0.3 is 0 Å². The summed E-state index contributed by atoms with van der Waals surface area (Å²) in [5, 5.41) is 0. The first-order valence-corrected chi connectivity index (χ1v) is 9.06. The number of aryl methyl sites for hydroxylation is 1. The fraction of sp³-hybridized carbons (Fsp3) is 0.333. The second kappa shape index (κ2) is 4.99. The molecular formula is C18H21NOS. The third kappa shape index (κ3) is 2.40. The van der Waals surface area contributed by atoms with Gasteiger partial charge < -0.3 is 0 Å². The first kappa shape index (κ1) is 14.3. The minimum absolute atomic E-state index is 0.0830. The van der Waals surface area contributed by atoms with Gasteiger partial charge in [-0.3, -0.25) is 0 Å². The maximum atomic E-state index is 13.5. The van der Waals surface area contributed by atoms with Gasteiger partial charge in [-0.25, -0.2) is 4.21 Å². The van der Waals surface area contributed by atoms with Crippen molar-refractivity contribution in [2.24, 2.45) is 4.36 Å². The average Bonchev–Trinajstić information content (AvgIpc) is 2.47. The lowest BCUT2D eigenvalue weighted by Gasteiger charge is -2.35. The van der Waals surface area contributed by atoms with Crippen LogP contribution in [0.15, 0.2) is 57.8 Å². The quantitative estimate of drug-likeness (QED) is 0.780. The van der Waals surface area contributed by atoms with E-state index in [4.69, 9.17) is 0 Å². The minimum Gasteiger partial charge on any atom is -0.244 e. The van der Waals surface area contributed by atoms with Crippen molar-refractivity contribution in [2.75, 3.05) is 5.75 Å². The van der Waals surface area contributed by atoms with Crippen molar-refractivity contribution >= 4 is 15.4 Å². The van der Waals surface area contributed by atoms with Gasteiger partial charge in [0.2, 0.25) is 0 Å². The second-order valence-corrected chi connectivity index (χ2v) is 8.34. The predicted molar refractivity (Wildman–Crippen MR) is 88.6 cm³/mol. The summed E-state index contributed by atoms with van der Waals surface area (Å²) in [6.07, 6.45) is 0.961. The van der Waals surface area contributed by atoms with Crippen molar-refractivity contribution in [3.63, 3.8) is 0 Å². The lowest BCUT2D eigenvalue weighted by molar-refractivity contribution is 0.504. The fourth-order valence-electron chi connectivity index (χ4n) is 2.94. The molecule has 1 aliphatic rings. The third-order valence-electron chi connectivity index (χ3n) is 4.48. The lowest BCUT2D eigenvalue weighted by atomic mass is 9.81. The van der Waals surface area contributed by atoms with Crippen molar-refractivity contribution in [1.82, 2.24) is 0 Å². The maximum absolute atomic E-state index is 13.5. The molecule has 0 unspecified atom stereocenters. The summed E-state index contributed by atoms with van der Waals surface area (Å²) in [6, 6.07) is 16.1. The van der Waals surface area contributed by atoms with Gasteiger partial charge in [-0.2, -0.15) is 4.36 Å². The average molecular weight is 299 g/mol. The van der Waals surface area contributed by atoms with Crippen LogP contribution < -0.4 is 0 Å². The fourth-order valence-corrected chi connectivity index (χ4v) is 5.54. The Hall–Kier alpha value is -1.61. The molecule has 1 heterocycles. The van der Waals surface area contributed by atoms with Crippen LogP contribution in [0.3, 0.4) is 0 Å². The highest BCUT2D eigenvalue weighted by molar-refractivity contribution is 7.93. The summed E-state index contributed by atoms with van der Waals surface area (Å²) in [7, 11) is -2.39. The van der Waals surface area contributed by atoms with Crippen molar-refractivity contribution in [2.45, 2.75) is 37.5 Å². The second-order valence-electron chi connectivity index (χ2n) is 6.12. The van der Waals surface area contributed by atoms with Crippen molar-refractivity contribution in [1.29, 1.82) is 0 Å². The van der Waals surface area contributed by atoms with E-state index in [1.165, 1.54) is 11.1 Å². The number of hydrogen-bond acceptors (Lipinski definition) is 2. The number of benzene rings is 2. The predicted octanol–water partition coefficient (Wildman–Crippen LogP) is 4.83. The van der Waals surface area contributed by atoms with Gasteiger partial charge in [0.15, 0.2) is 0 Å². The molecule has 2 atom stereocenters. The van der Waals surface area contributed by atoms with Gasteiger partial charge in [0.1, 0.15) is 0 Å². The molecule has 3 rings (SSSR count). The molecule has 0 saturated carbocycles. The van der Waals surface area contributed by atoms with Crippen LogP contribution in [-0.4, -0.2) is 9.96 Å². The van der Waals surface area contributed by atoms with E-state index in [0.717, 1.165) is 17.0 Å². The zero-order chi connectivity index (χ0) is 15.1. The zero-order valence-electron chi connectivity index (χ0n) is 12.8. The Labute approximate surface area is 127 Å². The Kier molecular flexibility index (Phi) is 3.40. The van der Waals surface area contributed by atoms with Gasteiger partial charge in [0.05, 0.1) is 15.4 Å². The Bertz CT molecular complexity index is 785. The van der Waals surface area contributed by atoms with E-state index in [1.807, 2.05) is 49.4 Å². The Morgan fingerprint density at radius 2 is 1.81 bits per heavy atom. The van der Waals surface area contributed by atoms with E-state index >= 15 is 0 Å². The Morgan fingerprint density at radius 1 is 1.14 bits per heavy atom. The number of nitrogens with zero attached hydrogens (tertiary/aromatic N) is 1. The summed E-state index contributed by atoms with van der Waals surface area (Å²) >= 11 is 0. The monoisotopic (exact) mass is 299 g/mol. The van der Waals surface area contributed by atoms with E-state index in [-0.39, 0.29) is 5.41 Å². The van der Waals surface area contributed by atoms with Gasteiger partial charge in [-0.05, 0) is 37.1 Å². The molecule has 2 nitrogen and oxygen atoms in total. The highest BCUT2D eigenvalue weighted by atomic mass is 32.2. The molecule has 0 aliphatic carbocycles.